The van der Waals surface area contributed by atoms with E-state index in [1.165, 1.54) is 6.33 Å². The summed E-state index contributed by atoms with van der Waals surface area (Å²) in [6, 6.07) is 14.4. The Labute approximate surface area is 133 Å². The van der Waals surface area contributed by atoms with Crippen LogP contribution >= 0.6 is 0 Å². The third-order valence-corrected chi connectivity index (χ3v) is 3.17. The molecule has 23 heavy (non-hydrogen) atoms. The highest BCUT2D eigenvalue weighted by molar-refractivity contribution is 6.02. The molecule has 3 aromatic rings. The number of amides is 1. The van der Waals surface area contributed by atoms with Crippen LogP contribution in [0, 0.1) is 0 Å². The quantitative estimate of drug-likeness (QED) is 0.802. The van der Waals surface area contributed by atoms with Crippen LogP contribution in [-0.2, 0) is 0 Å². The molecule has 0 aliphatic rings. The van der Waals surface area contributed by atoms with Crippen molar-refractivity contribution in [3.05, 3.63) is 66.7 Å². The SMILES string of the molecule is COc1cccc(-c2cc(NC(=O)c3ccccn3)ncn2)c1. The molecule has 2 heterocycles. The third kappa shape index (κ3) is 3.49. The molecule has 6 heteroatoms. The molecule has 0 saturated heterocycles. The van der Waals surface area contributed by atoms with Crippen molar-refractivity contribution in [1.82, 2.24) is 15.0 Å². The Kier molecular flexibility index (Phi) is 4.24. The molecular formula is C17H14N4O2. The van der Waals surface area contributed by atoms with Gasteiger partial charge in [0, 0.05) is 17.8 Å². The summed E-state index contributed by atoms with van der Waals surface area (Å²) < 4.78 is 5.21. The Morgan fingerprint density at radius 3 is 2.74 bits per heavy atom. The van der Waals surface area contributed by atoms with Crippen LogP contribution in [0.4, 0.5) is 5.82 Å². The van der Waals surface area contributed by atoms with Crippen molar-refractivity contribution in [1.29, 1.82) is 0 Å². The van der Waals surface area contributed by atoms with Gasteiger partial charge in [-0.3, -0.25) is 9.78 Å². The van der Waals surface area contributed by atoms with Gasteiger partial charge in [0.2, 0.25) is 0 Å². The van der Waals surface area contributed by atoms with Crippen molar-refractivity contribution in [2.45, 2.75) is 0 Å². The van der Waals surface area contributed by atoms with Crippen molar-refractivity contribution < 1.29 is 9.53 Å². The Morgan fingerprint density at radius 2 is 1.96 bits per heavy atom. The molecule has 0 atom stereocenters. The second kappa shape index (κ2) is 6.65. The van der Waals surface area contributed by atoms with Crippen molar-refractivity contribution in [3.8, 4) is 17.0 Å². The molecule has 0 bridgehead atoms. The van der Waals surface area contributed by atoms with Crippen molar-refractivity contribution in [2.75, 3.05) is 12.4 Å². The maximum absolute atomic E-state index is 12.1. The lowest BCUT2D eigenvalue weighted by molar-refractivity contribution is 0.102. The lowest BCUT2D eigenvalue weighted by Crippen LogP contribution is -2.14. The number of carbonyl (C=O) groups is 1. The number of aromatic nitrogens is 3. The van der Waals surface area contributed by atoms with Crippen LogP contribution in [0.15, 0.2) is 61.1 Å². The van der Waals surface area contributed by atoms with Crippen molar-refractivity contribution >= 4 is 11.7 Å². The number of benzene rings is 1. The minimum absolute atomic E-state index is 0.319. The molecule has 1 amide bonds. The topological polar surface area (TPSA) is 77.0 Å². The van der Waals surface area contributed by atoms with E-state index in [-0.39, 0.29) is 5.91 Å². The first kappa shape index (κ1) is 14.6. The average Bonchev–Trinajstić information content (AvgIpc) is 2.63. The molecule has 3 rings (SSSR count). The van der Waals surface area contributed by atoms with Crippen molar-refractivity contribution in [3.63, 3.8) is 0 Å². The number of pyridine rings is 1. The summed E-state index contributed by atoms with van der Waals surface area (Å²) in [4.78, 5) is 24.4. The number of ether oxygens (including phenoxy) is 1. The van der Waals surface area contributed by atoms with Gasteiger partial charge in [-0.05, 0) is 24.3 Å². The van der Waals surface area contributed by atoms with Gasteiger partial charge in [-0.1, -0.05) is 18.2 Å². The van der Waals surface area contributed by atoms with E-state index in [9.17, 15) is 4.79 Å². The molecule has 0 fully saturated rings. The number of carbonyl (C=O) groups excluding carboxylic acids is 1. The summed E-state index contributed by atoms with van der Waals surface area (Å²) in [5.74, 6) is 0.828. The molecule has 0 aliphatic heterocycles. The number of rotatable bonds is 4. The van der Waals surface area contributed by atoms with E-state index >= 15 is 0 Å². The van der Waals surface area contributed by atoms with E-state index in [0.29, 0.717) is 17.2 Å². The van der Waals surface area contributed by atoms with Gasteiger partial charge >= 0.3 is 0 Å². The summed E-state index contributed by atoms with van der Waals surface area (Å²) in [6.07, 6.45) is 2.97. The second-order valence-electron chi connectivity index (χ2n) is 4.69. The standard InChI is InChI=1S/C17H14N4O2/c1-23-13-6-4-5-12(9-13)15-10-16(20-11-19-15)21-17(22)14-7-2-3-8-18-14/h2-11H,1H3,(H,19,20,21,22). The van der Waals surface area contributed by atoms with Gasteiger partial charge in [-0.25, -0.2) is 9.97 Å². The van der Waals surface area contributed by atoms with Gasteiger partial charge in [0.1, 0.15) is 23.6 Å². The fraction of sp³-hybridized carbons (Fsp3) is 0.0588. The zero-order chi connectivity index (χ0) is 16.1. The van der Waals surface area contributed by atoms with Gasteiger partial charge in [0.05, 0.1) is 12.8 Å². The lowest BCUT2D eigenvalue weighted by Gasteiger charge is -2.07. The summed E-state index contributed by atoms with van der Waals surface area (Å²) in [5, 5.41) is 2.71. The predicted octanol–water partition coefficient (Wildman–Crippen LogP) is 2.80. The first-order valence-corrected chi connectivity index (χ1v) is 6.95. The van der Waals surface area contributed by atoms with Gasteiger partial charge in [0.25, 0.3) is 5.91 Å². The normalized spacial score (nSPS) is 10.1. The fourth-order valence-electron chi connectivity index (χ4n) is 2.04. The second-order valence-corrected chi connectivity index (χ2v) is 4.69. The molecular weight excluding hydrogens is 292 g/mol. The Balaban J connectivity index is 1.84. The minimum Gasteiger partial charge on any atom is -0.497 e. The van der Waals surface area contributed by atoms with E-state index in [2.05, 4.69) is 20.3 Å². The van der Waals surface area contributed by atoms with Crippen LogP contribution in [0.25, 0.3) is 11.3 Å². The maximum atomic E-state index is 12.1. The average molecular weight is 306 g/mol. The first-order valence-electron chi connectivity index (χ1n) is 6.95. The zero-order valence-corrected chi connectivity index (χ0v) is 12.4. The summed E-state index contributed by atoms with van der Waals surface area (Å²) in [6.45, 7) is 0. The monoisotopic (exact) mass is 306 g/mol. The van der Waals surface area contributed by atoms with Crippen LogP contribution in [-0.4, -0.2) is 28.0 Å². The maximum Gasteiger partial charge on any atom is 0.275 e. The lowest BCUT2D eigenvalue weighted by atomic mass is 10.1. The molecule has 0 unspecified atom stereocenters. The number of nitrogens with zero attached hydrogens (tertiary/aromatic N) is 3. The molecule has 2 aromatic heterocycles. The van der Waals surface area contributed by atoms with E-state index in [0.717, 1.165) is 11.3 Å². The highest BCUT2D eigenvalue weighted by Gasteiger charge is 2.09. The van der Waals surface area contributed by atoms with E-state index in [1.54, 1.807) is 37.6 Å². The molecule has 0 aliphatic carbocycles. The number of hydrogen-bond donors (Lipinski definition) is 1. The fourth-order valence-corrected chi connectivity index (χ4v) is 2.04. The van der Waals surface area contributed by atoms with Gasteiger partial charge in [0.15, 0.2) is 0 Å². The molecule has 0 saturated carbocycles. The van der Waals surface area contributed by atoms with E-state index < -0.39 is 0 Å². The van der Waals surface area contributed by atoms with Crippen LogP contribution < -0.4 is 10.1 Å². The van der Waals surface area contributed by atoms with Crippen molar-refractivity contribution in [2.24, 2.45) is 0 Å². The Morgan fingerprint density at radius 1 is 1.04 bits per heavy atom. The van der Waals surface area contributed by atoms with E-state index in [1.807, 2.05) is 24.3 Å². The van der Waals surface area contributed by atoms with Crippen LogP contribution in [0.5, 0.6) is 5.75 Å². The first-order chi connectivity index (χ1) is 11.3. The smallest absolute Gasteiger partial charge is 0.275 e. The molecule has 0 radical (unpaired) electrons. The summed E-state index contributed by atoms with van der Waals surface area (Å²) in [7, 11) is 1.61. The molecule has 114 valence electrons. The number of hydrogen-bond acceptors (Lipinski definition) is 5. The zero-order valence-electron chi connectivity index (χ0n) is 12.4. The molecule has 6 nitrogen and oxygen atoms in total. The van der Waals surface area contributed by atoms with Gasteiger partial charge in [-0.15, -0.1) is 0 Å². The highest BCUT2D eigenvalue weighted by atomic mass is 16.5. The largest absolute Gasteiger partial charge is 0.497 e. The summed E-state index contributed by atoms with van der Waals surface area (Å²) in [5.41, 5.74) is 1.89. The minimum atomic E-state index is -0.319. The molecule has 1 aromatic carbocycles. The van der Waals surface area contributed by atoms with Crippen LogP contribution in [0.1, 0.15) is 10.5 Å². The molecule has 1 N–H and O–H groups in total. The number of anilines is 1. The van der Waals surface area contributed by atoms with Gasteiger partial charge < -0.3 is 10.1 Å². The number of methoxy groups -OCH3 is 1. The third-order valence-electron chi connectivity index (χ3n) is 3.17. The van der Waals surface area contributed by atoms with Crippen LogP contribution in [0.3, 0.4) is 0 Å². The van der Waals surface area contributed by atoms with Crippen LogP contribution in [0.2, 0.25) is 0 Å². The van der Waals surface area contributed by atoms with E-state index in [4.69, 9.17) is 4.74 Å². The highest BCUT2D eigenvalue weighted by Crippen LogP contribution is 2.23. The van der Waals surface area contributed by atoms with Gasteiger partial charge in [-0.2, -0.15) is 0 Å². The predicted molar refractivity (Wildman–Crippen MR) is 86.2 cm³/mol. The number of nitrogens with one attached hydrogen (secondary N) is 1. The molecule has 0 spiro atoms. The summed E-state index contributed by atoms with van der Waals surface area (Å²) >= 11 is 0. The Bertz CT molecular complexity index is 822. The Hall–Kier alpha value is -3.28.